The van der Waals surface area contributed by atoms with E-state index in [0.717, 1.165) is 54.1 Å². The Balaban J connectivity index is 1.18. The Bertz CT molecular complexity index is 2350. The Morgan fingerprint density at radius 1 is 0.797 bits per heavy atom. The second-order valence-electron chi connectivity index (χ2n) is 15.1. The molecule has 6 aromatic rings. The van der Waals surface area contributed by atoms with Gasteiger partial charge < -0.3 is 38.7 Å². The van der Waals surface area contributed by atoms with Gasteiger partial charge in [0.05, 0.1) is 40.4 Å². The second-order valence-corrected chi connectivity index (χ2v) is 19.8. The van der Waals surface area contributed by atoms with Gasteiger partial charge in [-0.2, -0.15) is 0 Å². The first-order chi connectivity index (χ1) is 31.4. The predicted molar refractivity (Wildman–Crippen MR) is 252 cm³/mol. The number of benzene rings is 4. The molecule has 5 atom stereocenters. The summed E-state index contributed by atoms with van der Waals surface area (Å²) >= 11 is 3.06. The number of aromatic nitrogens is 4. The zero-order valence-corrected chi connectivity index (χ0v) is 38.6. The van der Waals surface area contributed by atoms with E-state index in [1.54, 1.807) is 39.0 Å². The third kappa shape index (κ3) is 10.3. The zero-order chi connectivity index (χ0) is 44.3. The van der Waals surface area contributed by atoms with E-state index in [4.69, 9.17) is 38.7 Å². The summed E-state index contributed by atoms with van der Waals surface area (Å²) in [7, 11) is 3.70. The maximum atomic E-state index is 13.0. The fraction of sp³-hybridized carbons (Fsp3) is 0.362. The van der Waals surface area contributed by atoms with E-state index in [9.17, 15) is 4.79 Å². The number of carbonyl (C=O) groups excluding carboxylic acids is 1. The highest BCUT2D eigenvalue weighted by atomic mass is 32.7. The molecular weight excluding hydrogens is 872 g/mol. The van der Waals surface area contributed by atoms with Crippen LogP contribution >= 0.6 is 30.6 Å². The van der Waals surface area contributed by atoms with Crippen LogP contribution in [-0.4, -0.2) is 113 Å². The average Bonchev–Trinajstić information content (AvgIpc) is 4.12. The van der Waals surface area contributed by atoms with Crippen molar-refractivity contribution in [3.8, 4) is 11.5 Å². The van der Waals surface area contributed by atoms with Crippen LogP contribution in [0.2, 0.25) is 0 Å². The van der Waals surface area contributed by atoms with Gasteiger partial charge >= 0.3 is 0 Å². The molecule has 0 radical (unpaired) electrons. The Hall–Kier alpha value is -4.61. The number of rotatable bonds is 21. The van der Waals surface area contributed by atoms with Gasteiger partial charge in [0.25, 0.3) is 0 Å². The third-order valence-electron chi connectivity index (χ3n) is 11.2. The number of nitrogen functional groups attached to an aromatic ring is 1. The summed E-state index contributed by atoms with van der Waals surface area (Å²) in [4.78, 5) is 26.4. The van der Waals surface area contributed by atoms with Crippen LogP contribution in [0, 0.1) is 0 Å². The largest absolute Gasteiger partial charge is 0.497 e. The molecule has 4 aromatic carbocycles. The van der Waals surface area contributed by atoms with E-state index >= 15 is 0 Å². The molecule has 8 rings (SSSR count). The van der Waals surface area contributed by atoms with Crippen LogP contribution < -0.4 is 15.2 Å². The van der Waals surface area contributed by atoms with Gasteiger partial charge in [0.2, 0.25) is 5.12 Å². The number of nitrogens with zero attached hydrogens (tertiary/aromatic N) is 5. The van der Waals surface area contributed by atoms with Crippen molar-refractivity contribution in [3.05, 3.63) is 144 Å². The molecule has 2 aliphatic rings. The Labute approximate surface area is 383 Å². The number of imidazole rings is 1. The smallest absolute Gasteiger partial charge is 0.219 e. The summed E-state index contributed by atoms with van der Waals surface area (Å²) < 4.78 is 49.8. The standard InChI is InChI=1S/C47H53N6O8PS2/c1-55-26-27-58-42-41(61-62(52-24-10-11-25-52)64-29-28-63-46(54)33-12-6-4-7-13-33)39(60-45(42)53-32-51-40-43(48)49-31-50-44(40)53)30-59-47(34-14-8-5-9-15-34,35-16-20-37(56-2)21-17-35)36-18-22-38(57-3)23-19-36/h4-9,12-23,31-32,39,41-42,45H,10-11,24-30H2,1-3H3,(H2,48,49,50)/t39-,41?,42+,45-,62?/m1/s1. The Morgan fingerprint density at radius 3 is 2.08 bits per heavy atom. The molecule has 2 unspecified atom stereocenters. The number of fused-ring (bicyclic) bond motifs is 1. The van der Waals surface area contributed by atoms with E-state index in [-0.39, 0.29) is 24.1 Å². The summed E-state index contributed by atoms with van der Waals surface area (Å²) in [5.41, 5.74) is 9.50. The SMILES string of the molecule is COCCO[C@H]1C(OP(SCCSC(=O)c2ccccc2)N2CCCC2)[C@@H](COC(c2ccccc2)(c2ccc(OC)cc2)c2ccc(OC)cc2)O[C@H]1n1cnc2c(N)ncnc21. The lowest BCUT2D eigenvalue weighted by molar-refractivity contribution is -0.0964. The maximum absolute atomic E-state index is 13.0. The first-order valence-electron chi connectivity index (χ1n) is 21.2. The van der Waals surface area contributed by atoms with Crippen LogP contribution in [0.1, 0.15) is 46.1 Å². The molecule has 4 heterocycles. The number of anilines is 1. The molecule has 0 aliphatic carbocycles. The monoisotopic (exact) mass is 924 g/mol. The van der Waals surface area contributed by atoms with Crippen molar-refractivity contribution in [1.82, 2.24) is 24.2 Å². The molecule has 14 nitrogen and oxygen atoms in total. The van der Waals surface area contributed by atoms with Gasteiger partial charge in [-0.1, -0.05) is 108 Å². The number of hydrogen-bond donors (Lipinski definition) is 1. The van der Waals surface area contributed by atoms with Crippen LogP contribution in [0.15, 0.2) is 122 Å². The molecule has 0 saturated carbocycles. The summed E-state index contributed by atoms with van der Waals surface area (Å²) in [6, 6.07) is 35.5. The minimum absolute atomic E-state index is 0.0519. The van der Waals surface area contributed by atoms with Crippen molar-refractivity contribution in [2.45, 2.75) is 43.0 Å². The minimum Gasteiger partial charge on any atom is -0.497 e. The lowest BCUT2D eigenvalue weighted by Crippen LogP contribution is -2.41. The van der Waals surface area contributed by atoms with Crippen molar-refractivity contribution in [2.75, 3.05) is 71.5 Å². The van der Waals surface area contributed by atoms with Crippen LogP contribution in [0.4, 0.5) is 5.82 Å². The van der Waals surface area contributed by atoms with Crippen molar-refractivity contribution < 1.29 is 37.7 Å². The number of carbonyl (C=O) groups is 1. The van der Waals surface area contributed by atoms with E-state index in [1.807, 2.05) is 102 Å². The molecule has 2 aromatic heterocycles. The number of nitrogens with two attached hydrogens (primary N) is 1. The highest BCUT2D eigenvalue weighted by molar-refractivity contribution is 8.53. The topological polar surface area (TPSA) is 155 Å². The summed E-state index contributed by atoms with van der Waals surface area (Å²) in [6.07, 6.45) is 2.50. The van der Waals surface area contributed by atoms with Gasteiger partial charge in [0.1, 0.15) is 47.3 Å². The molecule has 336 valence electrons. The van der Waals surface area contributed by atoms with E-state index in [0.29, 0.717) is 34.8 Å². The van der Waals surface area contributed by atoms with E-state index < -0.39 is 37.6 Å². The van der Waals surface area contributed by atoms with Crippen molar-refractivity contribution in [1.29, 1.82) is 0 Å². The van der Waals surface area contributed by atoms with E-state index in [2.05, 4.69) is 31.8 Å². The minimum atomic E-state index is -1.25. The molecular formula is C47H53N6O8PS2. The normalized spacial score (nSPS) is 19.5. The molecule has 64 heavy (non-hydrogen) atoms. The van der Waals surface area contributed by atoms with E-state index in [1.165, 1.54) is 18.1 Å². The van der Waals surface area contributed by atoms with Gasteiger partial charge in [0, 0.05) is 37.3 Å². The van der Waals surface area contributed by atoms with Gasteiger partial charge in [-0.15, -0.1) is 0 Å². The highest BCUT2D eigenvalue weighted by Crippen LogP contribution is 2.58. The molecule has 0 amide bonds. The highest BCUT2D eigenvalue weighted by Gasteiger charge is 2.51. The zero-order valence-electron chi connectivity index (χ0n) is 36.1. The van der Waals surface area contributed by atoms with Crippen LogP contribution in [0.25, 0.3) is 11.2 Å². The quantitative estimate of drug-likeness (QED) is 0.0417. The van der Waals surface area contributed by atoms with Crippen LogP contribution in [0.3, 0.4) is 0 Å². The fourth-order valence-electron chi connectivity index (χ4n) is 8.03. The fourth-order valence-corrected chi connectivity index (χ4v) is 13.3. The lowest BCUT2D eigenvalue weighted by atomic mass is 9.80. The molecule has 2 fully saturated rings. The molecule has 2 aliphatic heterocycles. The van der Waals surface area contributed by atoms with Gasteiger partial charge in [0.15, 0.2) is 25.2 Å². The summed E-state index contributed by atoms with van der Waals surface area (Å²) in [5, 5.41) is 0.0519. The number of hydrogen-bond acceptors (Lipinski definition) is 15. The van der Waals surface area contributed by atoms with Crippen molar-refractivity contribution in [2.24, 2.45) is 0 Å². The molecule has 2 saturated heterocycles. The molecule has 17 heteroatoms. The predicted octanol–water partition coefficient (Wildman–Crippen LogP) is 8.38. The molecule has 0 bridgehead atoms. The number of methoxy groups -OCH3 is 3. The lowest BCUT2D eigenvalue weighted by Gasteiger charge is -2.38. The summed E-state index contributed by atoms with van der Waals surface area (Å²) in [6.45, 7) is 2.51. The van der Waals surface area contributed by atoms with Gasteiger partial charge in [-0.25, -0.2) is 15.0 Å². The molecule has 2 N–H and O–H groups in total. The van der Waals surface area contributed by atoms with Crippen LogP contribution in [0.5, 0.6) is 11.5 Å². The first kappa shape index (κ1) is 45.9. The Kier molecular flexibility index (Phi) is 15.8. The third-order valence-corrected chi connectivity index (χ3v) is 16.5. The van der Waals surface area contributed by atoms with Gasteiger partial charge in [-0.3, -0.25) is 14.0 Å². The number of thioether (sulfide) groups is 1. The number of ether oxygens (including phenoxy) is 6. The summed E-state index contributed by atoms with van der Waals surface area (Å²) in [5.74, 6) is 3.03. The second kappa shape index (κ2) is 22.1. The van der Waals surface area contributed by atoms with Crippen LogP contribution in [-0.2, 0) is 29.1 Å². The Morgan fingerprint density at radius 2 is 1.44 bits per heavy atom. The first-order valence-corrected chi connectivity index (χ1v) is 25.0. The maximum Gasteiger partial charge on any atom is 0.219 e. The van der Waals surface area contributed by atoms with Crippen molar-refractivity contribution in [3.63, 3.8) is 0 Å². The van der Waals surface area contributed by atoms with Gasteiger partial charge in [-0.05, 0) is 53.8 Å². The average molecular weight is 925 g/mol. The van der Waals surface area contributed by atoms with Crippen molar-refractivity contribution >= 4 is 52.7 Å². The molecule has 0 spiro atoms.